The fourth-order valence-electron chi connectivity index (χ4n) is 11.5. The molecular formula is C36H64O11. The smallest absolute Gasteiger partial charge is 0.186 e. The zero-order valence-electron chi connectivity index (χ0n) is 29.8. The average molecular weight is 673 g/mol. The third-order valence-corrected chi connectivity index (χ3v) is 14.2. The van der Waals surface area contributed by atoms with E-state index < -0.39 is 66.3 Å². The Bertz CT molecular complexity index is 1110. The fourth-order valence-corrected chi connectivity index (χ4v) is 11.5. The van der Waals surface area contributed by atoms with Gasteiger partial charge in [0.25, 0.3) is 0 Å². The molecule has 0 amide bonds. The van der Waals surface area contributed by atoms with Crippen LogP contribution in [-0.2, 0) is 14.2 Å². The molecule has 0 aromatic heterocycles. The van der Waals surface area contributed by atoms with Gasteiger partial charge in [-0.25, -0.2) is 0 Å². The second-order valence-corrected chi connectivity index (χ2v) is 18.1. The van der Waals surface area contributed by atoms with Crippen molar-refractivity contribution >= 4 is 0 Å². The quantitative estimate of drug-likeness (QED) is 0.167. The molecule has 5 rings (SSSR count). The summed E-state index contributed by atoms with van der Waals surface area (Å²) < 4.78 is 18.3. The normalized spacial score (nSPS) is 50.4. The lowest BCUT2D eigenvalue weighted by Gasteiger charge is -2.64. The minimum atomic E-state index is -1.50. The third-order valence-electron chi connectivity index (χ3n) is 14.2. The van der Waals surface area contributed by atoms with Crippen LogP contribution in [0.25, 0.3) is 0 Å². The number of aliphatic hydroxyl groups is 8. The molecule has 2 unspecified atom stereocenters. The van der Waals surface area contributed by atoms with Gasteiger partial charge in [-0.05, 0) is 114 Å². The van der Waals surface area contributed by atoms with Crippen molar-refractivity contribution in [1.82, 2.24) is 0 Å². The highest BCUT2D eigenvalue weighted by atomic mass is 16.7. The summed E-state index contributed by atoms with van der Waals surface area (Å²) in [6, 6.07) is 0. The van der Waals surface area contributed by atoms with Gasteiger partial charge in [-0.15, -0.1) is 0 Å². The number of hydrogen-bond donors (Lipinski definition) is 8. The number of fused-ring (bicyclic) bond motifs is 3. The van der Waals surface area contributed by atoms with Gasteiger partial charge in [0.1, 0.15) is 24.4 Å². The van der Waals surface area contributed by atoms with E-state index in [1.807, 2.05) is 13.8 Å². The van der Waals surface area contributed by atoms with Crippen LogP contribution in [0, 0.1) is 34.0 Å². The predicted octanol–water partition coefficient (Wildman–Crippen LogP) is 2.01. The van der Waals surface area contributed by atoms with Crippen LogP contribution in [0.2, 0.25) is 0 Å². The number of ether oxygens (including phenoxy) is 3. The largest absolute Gasteiger partial charge is 0.394 e. The van der Waals surface area contributed by atoms with Crippen molar-refractivity contribution in [3.05, 3.63) is 0 Å². The summed E-state index contributed by atoms with van der Waals surface area (Å²) >= 11 is 0. The van der Waals surface area contributed by atoms with Crippen molar-refractivity contribution < 1.29 is 55.1 Å². The van der Waals surface area contributed by atoms with E-state index in [0.717, 1.165) is 19.3 Å². The molecule has 47 heavy (non-hydrogen) atoms. The first-order valence-corrected chi connectivity index (χ1v) is 18.0. The first-order valence-electron chi connectivity index (χ1n) is 18.0. The Morgan fingerprint density at radius 3 is 2.06 bits per heavy atom. The molecule has 3 aliphatic carbocycles. The van der Waals surface area contributed by atoms with Crippen molar-refractivity contribution in [1.29, 1.82) is 0 Å². The maximum absolute atomic E-state index is 12.1. The van der Waals surface area contributed by atoms with Crippen LogP contribution in [0.1, 0.15) is 113 Å². The monoisotopic (exact) mass is 672 g/mol. The lowest BCUT2D eigenvalue weighted by Crippen LogP contribution is -2.63. The van der Waals surface area contributed by atoms with Gasteiger partial charge in [-0.2, -0.15) is 0 Å². The SMILES string of the molecule is CC(C)(O)[C@@H]1CC[C@](C)(C(O)CCC(C)(O)[C@H]2[C@@H](O)C[C@H]3[C@@]2(C)CC[C@H]2C(C)(C)[C@@H](O[C@@H]4O[C@H](CO)[C@@H](O)[C@H](O)[C@H]4O)CC[C@]32C)O1. The zero-order chi connectivity index (χ0) is 35.1. The molecule has 2 aliphatic heterocycles. The van der Waals surface area contributed by atoms with Crippen LogP contribution in [-0.4, -0.2) is 119 Å². The summed E-state index contributed by atoms with van der Waals surface area (Å²) in [5.74, 6) is -0.0314. The first-order chi connectivity index (χ1) is 21.5. The van der Waals surface area contributed by atoms with Gasteiger partial charge < -0.3 is 55.1 Å². The van der Waals surface area contributed by atoms with Crippen LogP contribution in [0.15, 0.2) is 0 Å². The molecule has 0 spiro atoms. The fraction of sp³-hybridized carbons (Fsp3) is 1.00. The summed E-state index contributed by atoms with van der Waals surface area (Å²) in [5, 5.41) is 86.4. The Hall–Kier alpha value is -0.440. The molecule has 11 nitrogen and oxygen atoms in total. The number of hydrogen-bond acceptors (Lipinski definition) is 11. The Morgan fingerprint density at radius 1 is 0.830 bits per heavy atom. The van der Waals surface area contributed by atoms with Crippen LogP contribution in [0.3, 0.4) is 0 Å². The van der Waals surface area contributed by atoms with Gasteiger partial charge in [-0.1, -0.05) is 27.7 Å². The molecule has 2 saturated heterocycles. The minimum absolute atomic E-state index is 0.140. The molecule has 0 radical (unpaired) electrons. The standard InChI is InChI=1S/C36H64O11/c1-31(2)21-9-13-34(6)22(33(21,5)14-11-24(31)46-30-28(42)27(41)26(40)20(18-37)45-30)17-19(38)29(34)35(7,44)15-10-23(39)36(8)16-12-25(47-36)32(3,4)43/h19-30,37-44H,9-18H2,1-8H3/t19-,20+,21-,22+,23?,24-,25-,26+,27-,28+,29-,30-,33-,34+,35?,36+/m0/s1. The molecule has 0 aromatic carbocycles. The summed E-state index contributed by atoms with van der Waals surface area (Å²) in [6.07, 6.45) is -3.20. The van der Waals surface area contributed by atoms with E-state index in [0.29, 0.717) is 38.5 Å². The molecule has 2 heterocycles. The van der Waals surface area contributed by atoms with Crippen molar-refractivity contribution in [3.8, 4) is 0 Å². The van der Waals surface area contributed by atoms with E-state index in [2.05, 4.69) is 27.7 Å². The topological polar surface area (TPSA) is 190 Å². The van der Waals surface area contributed by atoms with E-state index in [9.17, 15) is 40.9 Å². The zero-order valence-corrected chi connectivity index (χ0v) is 29.8. The summed E-state index contributed by atoms with van der Waals surface area (Å²) in [4.78, 5) is 0. The average Bonchev–Trinajstić information content (AvgIpc) is 3.52. The molecule has 11 heteroatoms. The second kappa shape index (κ2) is 12.7. The van der Waals surface area contributed by atoms with Gasteiger partial charge in [0.15, 0.2) is 6.29 Å². The number of rotatable bonds is 9. The van der Waals surface area contributed by atoms with Crippen molar-refractivity contribution in [2.45, 2.75) is 185 Å². The molecule has 274 valence electrons. The highest BCUT2D eigenvalue weighted by molar-refractivity contribution is 5.17. The molecule has 3 saturated carbocycles. The van der Waals surface area contributed by atoms with Gasteiger partial charge in [0.2, 0.25) is 0 Å². The highest BCUT2D eigenvalue weighted by Crippen LogP contribution is 2.71. The Morgan fingerprint density at radius 2 is 1.47 bits per heavy atom. The van der Waals surface area contributed by atoms with E-state index >= 15 is 0 Å². The summed E-state index contributed by atoms with van der Waals surface area (Å²) in [6.45, 7) is 15.5. The van der Waals surface area contributed by atoms with E-state index in [-0.39, 0.29) is 46.2 Å². The maximum atomic E-state index is 12.1. The lowest BCUT2D eigenvalue weighted by molar-refractivity contribution is -0.329. The maximum Gasteiger partial charge on any atom is 0.186 e. The summed E-state index contributed by atoms with van der Waals surface area (Å²) in [5.41, 5.74) is -3.89. The molecule has 5 fully saturated rings. The first kappa shape index (κ1) is 37.8. The Balaban J connectivity index is 1.29. The van der Waals surface area contributed by atoms with Gasteiger partial charge in [0.05, 0.1) is 47.8 Å². The Labute approximate surface area is 280 Å². The molecule has 8 N–H and O–H groups in total. The van der Waals surface area contributed by atoms with Crippen molar-refractivity contribution in [2.24, 2.45) is 34.0 Å². The van der Waals surface area contributed by atoms with E-state index in [4.69, 9.17) is 14.2 Å². The predicted molar refractivity (Wildman–Crippen MR) is 173 cm³/mol. The highest BCUT2D eigenvalue weighted by Gasteiger charge is 2.68. The lowest BCUT2D eigenvalue weighted by atomic mass is 9.42. The van der Waals surface area contributed by atoms with Gasteiger partial charge >= 0.3 is 0 Å². The van der Waals surface area contributed by atoms with E-state index in [1.54, 1.807) is 13.8 Å². The number of aliphatic hydroxyl groups excluding tert-OH is 6. The van der Waals surface area contributed by atoms with Crippen LogP contribution >= 0.6 is 0 Å². The molecule has 5 aliphatic rings. The van der Waals surface area contributed by atoms with Crippen LogP contribution < -0.4 is 0 Å². The molecule has 0 aromatic rings. The summed E-state index contributed by atoms with van der Waals surface area (Å²) in [7, 11) is 0. The van der Waals surface area contributed by atoms with Crippen molar-refractivity contribution in [2.75, 3.05) is 6.61 Å². The Kier molecular flexibility index (Phi) is 10.2. The van der Waals surface area contributed by atoms with Crippen LogP contribution in [0.4, 0.5) is 0 Å². The molecular weight excluding hydrogens is 608 g/mol. The third kappa shape index (κ3) is 6.36. The van der Waals surface area contributed by atoms with Crippen LogP contribution in [0.5, 0.6) is 0 Å². The molecule has 0 bridgehead atoms. The van der Waals surface area contributed by atoms with E-state index in [1.165, 1.54) is 0 Å². The second-order valence-electron chi connectivity index (χ2n) is 18.1. The van der Waals surface area contributed by atoms with Crippen molar-refractivity contribution in [3.63, 3.8) is 0 Å². The molecule has 16 atom stereocenters. The van der Waals surface area contributed by atoms with Gasteiger partial charge in [-0.3, -0.25) is 0 Å². The minimum Gasteiger partial charge on any atom is -0.394 e. The van der Waals surface area contributed by atoms with Gasteiger partial charge in [0, 0.05) is 5.92 Å².